The highest BCUT2D eigenvalue weighted by Crippen LogP contribution is 2.23. The van der Waals surface area contributed by atoms with Gasteiger partial charge >= 0.3 is 0 Å². The first-order chi connectivity index (χ1) is 13.8. The molecular weight excluding hydrogens is 380 g/mol. The maximum absolute atomic E-state index is 13.3. The molecule has 0 saturated carbocycles. The largest absolute Gasteiger partial charge is 0.334 e. The molecular formula is C25H27ClN2O. The molecule has 3 rings (SSSR count). The smallest absolute Gasteiger partial charge is 0.254 e. The summed E-state index contributed by atoms with van der Waals surface area (Å²) < 4.78 is 0. The summed E-state index contributed by atoms with van der Waals surface area (Å²) in [6.07, 6.45) is 2.47. The van der Waals surface area contributed by atoms with E-state index in [1.54, 1.807) is 6.20 Å². The van der Waals surface area contributed by atoms with Crippen molar-refractivity contribution < 1.29 is 4.79 Å². The van der Waals surface area contributed by atoms with Crippen LogP contribution in [0.4, 0.5) is 0 Å². The molecule has 2 aromatic carbocycles. The monoisotopic (exact) mass is 406 g/mol. The third-order valence-corrected chi connectivity index (χ3v) is 5.34. The highest BCUT2D eigenvalue weighted by atomic mass is 35.5. The van der Waals surface area contributed by atoms with Crippen LogP contribution < -0.4 is 0 Å². The summed E-state index contributed by atoms with van der Waals surface area (Å²) in [5.41, 5.74) is 3.85. The van der Waals surface area contributed by atoms with Crippen LogP contribution in [-0.2, 0) is 18.4 Å². The molecule has 0 atom stereocenters. The minimum Gasteiger partial charge on any atom is -0.334 e. The molecule has 0 aliphatic carbocycles. The predicted molar refractivity (Wildman–Crippen MR) is 119 cm³/mol. The molecule has 1 amide bonds. The highest BCUT2D eigenvalue weighted by molar-refractivity contribution is 6.31. The summed E-state index contributed by atoms with van der Waals surface area (Å²) in [7, 11) is 0. The molecule has 0 aliphatic heterocycles. The lowest BCUT2D eigenvalue weighted by Gasteiger charge is -2.24. The molecule has 0 unspecified atom stereocenters. The average Bonchev–Trinajstić information content (AvgIpc) is 2.72. The molecule has 29 heavy (non-hydrogen) atoms. The lowest BCUT2D eigenvalue weighted by atomic mass is 9.86. The molecule has 0 radical (unpaired) electrons. The van der Waals surface area contributed by atoms with Crippen LogP contribution in [0.25, 0.3) is 0 Å². The van der Waals surface area contributed by atoms with Crippen molar-refractivity contribution >= 4 is 17.5 Å². The van der Waals surface area contributed by atoms with Crippen molar-refractivity contribution in [3.63, 3.8) is 0 Å². The fraction of sp³-hybridized carbons (Fsp3) is 0.280. The Hall–Kier alpha value is -2.65. The first kappa shape index (κ1) is 21.1. The van der Waals surface area contributed by atoms with Crippen molar-refractivity contribution in [2.75, 3.05) is 6.54 Å². The van der Waals surface area contributed by atoms with Crippen LogP contribution in [0, 0.1) is 0 Å². The molecule has 0 saturated heterocycles. The van der Waals surface area contributed by atoms with E-state index in [4.69, 9.17) is 11.6 Å². The third-order valence-electron chi connectivity index (χ3n) is 4.97. The molecule has 3 nitrogen and oxygen atoms in total. The Kier molecular flexibility index (Phi) is 6.71. The van der Waals surface area contributed by atoms with Crippen molar-refractivity contribution in [3.05, 3.63) is 100 Å². The van der Waals surface area contributed by atoms with Crippen molar-refractivity contribution in [1.82, 2.24) is 9.88 Å². The lowest BCUT2D eigenvalue weighted by molar-refractivity contribution is 0.0744. The molecule has 1 aromatic heterocycles. The topological polar surface area (TPSA) is 33.2 Å². The number of carbonyl (C=O) groups excluding carboxylic acids is 1. The number of aromatic nitrogens is 1. The molecule has 0 spiro atoms. The first-order valence-electron chi connectivity index (χ1n) is 9.88. The number of halogens is 1. The van der Waals surface area contributed by atoms with Crippen LogP contribution in [-0.4, -0.2) is 22.3 Å². The van der Waals surface area contributed by atoms with E-state index >= 15 is 0 Å². The van der Waals surface area contributed by atoms with Crippen LogP contribution in [0.15, 0.2) is 72.9 Å². The van der Waals surface area contributed by atoms with E-state index in [9.17, 15) is 4.79 Å². The second-order valence-electron chi connectivity index (χ2n) is 8.22. The van der Waals surface area contributed by atoms with Crippen molar-refractivity contribution in [2.24, 2.45) is 0 Å². The van der Waals surface area contributed by atoms with E-state index in [2.05, 4.69) is 25.8 Å². The van der Waals surface area contributed by atoms with Crippen molar-refractivity contribution in [1.29, 1.82) is 0 Å². The number of benzene rings is 2. The average molecular weight is 407 g/mol. The second-order valence-corrected chi connectivity index (χ2v) is 8.62. The fourth-order valence-corrected chi connectivity index (χ4v) is 3.37. The van der Waals surface area contributed by atoms with Gasteiger partial charge in [0.1, 0.15) is 0 Å². The summed E-state index contributed by atoms with van der Waals surface area (Å²) in [5, 5.41) is 0.672. The van der Waals surface area contributed by atoms with Gasteiger partial charge in [-0.3, -0.25) is 9.78 Å². The number of rotatable bonds is 6. The minimum absolute atomic E-state index is 0.00121. The van der Waals surface area contributed by atoms with Crippen LogP contribution in [0.3, 0.4) is 0 Å². The summed E-state index contributed by atoms with van der Waals surface area (Å²) in [6, 6.07) is 21.4. The third kappa shape index (κ3) is 5.68. The maximum Gasteiger partial charge on any atom is 0.254 e. The van der Waals surface area contributed by atoms with E-state index in [-0.39, 0.29) is 11.3 Å². The number of hydrogen-bond acceptors (Lipinski definition) is 2. The van der Waals surface area contributed by atoms with E-state index in [1.807, 2.05) is 71.6 Å². The Morgan fingerprint density at radius 1 is 0.966 bits per heavy atom. The van der Waals surface area contributed by atoms with Gasteiger partial charge in [-0.25, -0.2) is 0 Å². The molecule has 0 fully saturated rings. The van der Waals surface area contributed by atoms with E-state index in [0.717, 1.165) is 11.3 Å². The van der Waals surface area contributed by atoms with Crippen LogP contribution in [0.5, 0.6) is 0 Å². The predicted octanol–water partition coefficient (Wildman–Crippen LogP) is 5.92. The van der Waals surface area contributed by atoms with Crippen LogP contribution in [0.2, 0.25) is 5.02 Å². The molecule has 150 valence electrons. The zero-order valence-corrected chi connectivity index (χ0v) is 18.0. The van der Waals surface area contributed by atoms with Gasteiger partial charge in [-0.05, 0) is 46.9 Å². The Labute approximate surface area is 178 Å². The Balaban J connectivity index is 1.82. The molecule has 3 aromatic rings. The van der Waals surface area contributed by atoms with Gasteiger partial charge in [-0.1, -0.05) is 68.8 Å². The van der Waals surface area contributed by atoms with Gasteiger partial charge < -0.3 is 4.90 Å². The normalized spacial score (nSPS) is 11.3. The van der Waals surface area contributed by atoms with Gasteiger partial charge in [0.05, 0.1) is 0 Å². The number of carbonyl (C=O) groups is 1. The van der Waals surface area contributed by atoms with Crippen LogP contribution in [0.1, 0.15) is 48.0 Å². The van der Waals surface area contributed by atoms with Gasteiger partial charge in [0.15, 0.2) is 0 Å². The summed E-state index contributed by atoms with van der Waals surface area (Å²) >= 11 is 6.36. The first-order valence-corrected chi connectivity index (χ1v) is 10.3. The van der Waals surface area contributed by atoms with Gasteiger partial charge in [0.2, 0.25) is 0 Å². The summed E-state index contributed by atoms with van der Waals surface area (Å²) in [4.78, 5) is 19.5. The van der Waals surface area contributed by atoms with E-state index in [0.29, 0.717) is 30.1 Å². The lowest BCUT2D eigenvalue weighted by Crippen LogP contribution is -2.32. The Morgan fingerprint density at radius 2 is 1.66 bits per heavy atom. The van der Waals surface area contributed by atoms with Crippen molar-refractivity contribution in [2.45, 2.75) is 39.2 Å². The molecule has 0 N–H and O–H groups in total. The molecule has 0 bridgehead atoms. The number of nitrogens with zero attached hydrogens (tertiary/aromatic N) is 2. The quantitative estimate of drug-likeness (QED) is 0.509. The highest BCUT2D eigenvalue weighted by Gasteiger charge is 2.19. The van der Waals surface area contributed by atoms with E-state index in [1.165, 1.54) is 5.56 Å². The van der Waals surface area contributed by atoms with Gasteiger partial charge in [0.25, 0.3) is 5.91 Å². The number of pyridine rings is 1. The minimum atomic E-state index is 0.00121. The Bertz CT molecular complexity index is 947. The molecule has 4 heteroatoms. The van der Waals surface area contributed by atoms with Gasteiger partial charge in [-0.15, -0.1) is 0 Å². The zero-order valence-electron chi connectivity index (χ0n) is 17.2. The standard InChI is InChI=1S/C25H27ClN2O/c1-25(2,3)21-13-11-19(12-14-21)24(29)28(17-15-22-9-6-7-16-27-22)18-20-8-4-5-10-23(20)26/h4-14,16H,15,17-18H2,1-3H3. The SMILES string of the molecule is CC(C)(C)c1ccc(C(=O)N(CCc2ccccn2)Cc2ccccc2Cl)cc1. The summed E-state index contributed by atoms with van der Waals surface area (Å²) in [5.74, 6) is 0.00121. The zero-order chi connectivity index (χ0) is 20.9. The number of amides is 1. The second kappa shape index (κ2) is 9.23. The van der Waals surface area contributed by atoms with Crippen LogP contribution >= 0.6 is 11.6 Å². The summed E-state index contributed by atoms with van der Waals surface area (Å²) in [6.45, 7) is 7.54. The number of hydrogen-bond donors (Lipinski definition) is 0. The maximum atomic E-state index is 13.3. The van der Waals surface area contributed by atoms with Gasteiger partial charge in [-0.2, -0.15) is 0 Å². The van der Waals surface area contributed by atoms with Gasteiger partial charge in [0, 0.05) is 42.0 Å². The van der Waals surface area contributed by atoms with Crippen molar-refractivity contribution in [3.8, 4) is 0 Å². The Morgan fingerprint density at radius 3 is 2.28 bits per heavy atom. The fourth-order valence-electron chi connectivity index (χ4n) is 3.18. The molecule has 1 heterocycles. The molecule has 0 aliphatic rings. The van der Waals surface area contributed by atoms with E-state index < -0.39 is 0 Å².